The van der Waals surface area contributed by atoms with Gasteiger partial charge in [-0.25, -0.2) is 8.78 Å². The summed E-state index contributed by atoms with van der Waals surface area (Å²) in [4.78, 5) is 0. The molecule has 2 rings (SSSR count). The molecule has 2 aromatic rings. The molecule has 0 heterocycles. The van der Waals surface area contributed by atoms with E-state index in [0.717, 1.165) is 22.9 Å². The van der Waals surface area contributed by atoms with Crippen molar-refractivity contribution in [3.8, 4) is 0 Å². The molecule has 128 valence electrons. The van der Waals surface area contributed by atoms with Gasteiger partial charge in [0.15, 0.2) is 11.6 Å². The highest BCUT2D eigenvalue weighted by molar-refractivity contribution is 5.79. The van der Waals surface area contributed by atoms with Gasteiger partial charge in [0.05, 0.1) is 0 Å². The van der Waals surface area contributed by atoms with Crippen molar-refractivity contribution in [3.05, 3.63) is 70.3 Å². The summed E-state index contributed by atoms with van der Waals surface area (Å²) < 4.78 is 27.1. The van der Waals surface area contributed by atoms with Crippen molar-refractivity contribution in [2.45, 2.75) is 47.0 Å². The van der Waals surface area contributed by atoms with Crippen molar-refractivity contribution in [3.63, 3.8) is 0 Å². The summed E-state index contributed by atoms with van der Waals surface area (Å²) in [6.45, 7) is 12.1. The largest absolute Gasteiger partial charge is 0.355 e. The second-order valence-corrected chi connectivity index (χ2v) is 7.36. The summed E-state index contributed by atoms with van der Waals surface area (Å²) >= 11 is 0. The monoisotopic (exact) mass is 329 g/mol. The third kappa shape index (κ3) is 3.84. The van der Waals surface area contributed by atoms with Gasteiger partial charge in [-0.05, 0) is 49.4 Å². The van der Waals surface area contributed by atoms with E-state index in [0.29, 0.717) is 5.69 Å². The van der Waals surface area contributed by atoms with Crippen LogP contribution in [0.25, 0.3) is 5.70 Å². The molecular weight excluding hydrogens is 304 g/mol. The Morgan fingerprint density at radius 2 is 1.50 bits per heavy atom. The Kier molecular flexibility index (Phi) is 5.12. The van der Waals surface area contributed by atoms with E-state index in [1.165, 1.54) is 5.56 Å². The number of benzene rings is 2. The van der Waals surface area contributed by atoms with E-state index in [9.17, 15) is 8.78 Å². The molecule has 0 atom stereocenters. The SMILES string of the molecule is CC(C)=C(Nc1ccc(F)c(F)c1C)c1ccc(C(C)(C)C)cc1. The number of hydrogen-bond acceptors (Lipinski definition) is 1. The molecule has 1 nitrogen and oxygen atoms in total. The van der Waals surface area contributed by atoms with Crippen molar-refractivity contribution in [1.82, 2.24) is 0 Å². The third-order valence-electron chi connectivity index (χ3n) is 4.14. The molecule has 0 radical (unpaired) electrons. The summed E-state index contributed by atoms with van der Waals surface area (Å²) in [7, 11) is 0. The van der Waals surface area contributed by atoms with E-state index >= 15 is 0 Å². The zero-order chi connectivity index (χ0) is 18.1. The number of rotatable bonds is 3. The van der Waals surface area contributed by atoms with Crippen LogP contribution in [0.4, 0.5) is 14.5 Å². The molecule has 0 aliphatic heterocycles. The van der Waals surface area contributed by atoms with E-state index in [-0.39, 0.29) is 11.0 Å². The lowest BCUT2D eigenvalue weighted by molar-refractivity contribution is 0.504. The number of hydrogen-bond donors (Lipinski definition) is 1. The van der Waals surface area contributed by atoms with Gasteiger partial charge in [0.1, 0.15) is 0 Å². The molecule has 0 spiro atoms. The minimum Gasteiger partial charge on any atom is -0.355 e. The lowest BCUT2D eigenvalue weighted by Crippen LogP contribution is -2.11. The van der Waals surface area contributed by atoms with Gasteiger partial charge in [0, 0.05) is 16.9 Å². The molecule has 0 unspecified atom stereocenters. The minimum absolute atomic E-state index is 0.0910. The predicted octanol–water partition coefficient (Wildman–Crippen LogP) is 6.43. The van der Waals surface area contributed by atoms with Crippen LogP contribution in [0.1, 0.15) is 51.3 Å². The normalized spacial score (nSPS) is 11.3. The van der Waals surface area contributed by atoms with Crippen molar-refractivity contribution in [2.75, 3.05) is 5.32 Å². The van der Waals surface area contributed by atoms with Crippen molar-refractivity contribution in [2.24, 2.45) is 0 Å². The predicted molar refractivity (Wildman–Crippen MR) is 98.1 cm³/mol. The first-order valence-electron chi connectivity index (χ1n) is 8.11. The van der Waals surface area contributed by atoms with Gasteiger partial charge < -0.3 is 5.32 Å². The van der Waals surface area contributed by atoms with Gasteiger partial charge in [0.25, 0.3) is 0 Å². The lowest BCUT2D eigenvalue weighted by atomic mass is 9.86. The Labute approximate surface area is 143 Å². The fraction of sp³-hybridized carbons (Fsp3) is 0.333. The smallest absolute Gasteiger partial charge is 0.163 e. The number of halogens is 2. The number of anilines is 1. The highest BCUT2D eigenvalue weighted by Gasteiger charge is 2.15. The fourth-order valence-electron chi connectivity index (χ4n) is 2.54. The van der Waals surface area contributed by atoms with E-state index in [1.807, 2.05) is 13.8 Å². The Balaban J connectivity index is 2.39. The van der Waals surface area contributed by atoms with Crippen LogP contribution < -0.4 is 5.32 Å². The second-order valence-electron chi connectivity index (χ2n) is 7.36. The molecule has 24 heavy (non-hydrogen) atoms. The summed E-state index contributed by atoms with van der Waals surface area (Å²) in [5.41, 5.74) is 5.20. The van der Waals surface area contributed by atoms with Gasteiger partial charge in [-0.15, -0.1) is 0 Å². The average Bonchev–Trinajstić information content (AvgIpc) is 2.51. The maximum atomic E-state index is 13.8. The van der Waals surface area contributed by atoms with Crippen LogP contribution in [0.5, 0.6) is 0 Å². The molecule has 3 heteroatoms. The van der Waals surface area contributed by atoms with E-state index in [1.54, 1.807) is 13.0 Å². The van der Waals surface area contributed by atoms with E-state index in [4.69, 9.17) is 0 Å². The molecular formula is C21H25F2N. The highest BCUT2D eigenvalue weighted by Crippen LogP contribution is 2.28. The van der Waals surface area contributed by atoms with Gasteiger partial charge in [0.2, 0.25) is 0 Å². The number of nitrogens with one attached hydrogen (secondary N) is 1. The average molecular weight is 329 g/mol. The zero-order valence-electron chi connectivity index (χ0n) is 15.2. The topological polar surface area (TPSA) is 12.0 Å². The summed E-state index contributed by atoms with van der Waals surface area (Å²) in [6, 6.07) is 11.1. The van der Waals surface area contributed by atoms with Crippen LogP contribution in [-0.2, 0) is 5.41 Å². The van der Waals surface area contributed by atoms with Gasteiger partial charge >= 0.3 is 0 Å². The van der Waals surface area contributed by atoms with Crippen LogP contribution in [0.15, 0.2) is 42.0 Å². The highest BCUT2D eigenvalue weighted by atomic mass is 19.2. The van der Waals surface area contributed by atoms with Crippen LogP contribution in [0.2, 0.25) is 0 Å². The first kappa shape index (κ1) is 18.2. The Morgan fingerprint density at radius 1 is 0.917 bits per heavy atom. The molecule has 0 saturated carbocycles. The maximum Gasteiger partial charge on any atom is 0.163 e. The van der Waals surface area contributed by atoms with Crippen LogP contribution in [0.3, 0.4) is 0 Å². The van der Waals surface area contributed by atoms with Crippen LogP contribution in [0, 0.1) is 18.6 Å². The Morgan fingerprint density at radius 3 is 2.00 bits per heavy atom. The summed E-state index contributed by atoms with van der Waals surface area (Å²) in [6.07, 6.45) is 0. The maximum absolute atomic E-state index is 13.8. The summed E-state index contributed by atoms with van der Waals surface area (Å²) in [5, 5.41) is 3.26. The molecule has 0 saturated heterocycles. The Hall–Kier alpha value is -2.16. The van der Waals surface area contributed by atoms with Gasteiger partial charge in [-0.2, -0.15) is 0 Å². The van der Waals surface area contributed by atoms with Crippen LogP contribution in [-0.4, -0.2) is 0 Å². The first-order valence-corrected chi connectivity index (χ1v) is 8.11. The standard InChI is InChI=1S/C21H25F2N/c1-13(2)20(15-7-9-16(10-8-15)21(4,5)6)24-18-12-11-17(22)19(23)14(18)3/h7-12,24H,1-6H3. The molecule has 0 aromatic heterocycles. The Bertz CT molecular complexity index is 762. The molecule has 2 aromatic carbocycles. The van der Waals surface area contributed by atoms with Gasteiger partial charge in [-0.3, -0.25) is 0 Å². The first-order chi connectivity index (χ1) is 11.1. The lowest BCUT2D eigenvalue weighted by Gasteiger charge is -2.21. The fourth-order valence-corrected chi connectivity index (χ4v) is 2.54. The van der Waals surface area contributed by atoms with E-state index in [2.05, 4.69) is 50.4 Å². The van der Waals surface area contributed by atoms with Crippen molar-refractivity contribution in [1.29, 1.82) is 0 Å². The van der Waals surface area contributed by atoms with Gasteiger partial charge in [-0.1, -0.05) is 50.6 Å². The molecule has 0 aliphatic rings. The molecule has 1 N–H and O–H groups in total. The van der Waals surface area contributed by atoms with Crippen LogP contribution >= 0.6 is 0 Å². The summed E-state index contributed by atoms with van der Waals surface area (Å²) in [5.74, 6) is -1.64. The molecule has 0 bridgehead atoms. The molecule has 0 aliphatic carbocycles. The van der Waals surface area contributed by atoms with E-state index < -0.39 is 11.6 Å². The van der Waals surface area contributed by atoms with Crippen molar-refractivity contribution < 1.29 is 8.78 Å². The number of allylic oxidation sites excluding steroid dienone is 1. The molecule has 0 fully saturated rings. The zero-order valence-corrected chi connectivity index (χ0v) is 15.2. The molecule has 0 amide bonds. The third-order valence-corrected chi connectivity index (χ3v) is 4.14. The quantitative estimate of drug-likeness (QED) is 0.684. The second kappa shape index (κ2) is 6.76. The van der Waals surface area contributed by atoms with Crippen molar-refractivity contribution >= 4 is 11.4 Å². The minimum atomic E-state index is -0.827.